The summed E-state index contributed by atoms with van der Waals surface area (Å²) in [5, 5.41) is 2.52. The molecule has 2 aromatic rings. The number of hydrogen-bond donors (Lipinski definition) is 1. The van der Waals surface area contributed by atoms with Gasteiger partial charge in [-0.3, -0.25) is 4.79 Å². The molecule has 1 aromatic carbocycles. The van der Waals surface area contributed by atoms with Gasteiger partial charge in [0, 0.05) is 5.69 Å². The van der Waals surface area contributed by atoms with Crippen molar-refractivity contribution in [3.63, 3.8) is 0 Å². The molecule has 18 heavy (non-hydrogen) atoms. The van der Waals surface area contributed by atoms with E-state index in [1.165, 1.54) is 30.3 Å². The van der Waals surface area contributed by atoms with Gasteiger partial charge in [-0.25, -0.2) is 9.37 Å². The van der Waals surface area contributed by atoms with Crippen molar-refractivity contribution in [2.75, 3.05) is 5.32 Å². The van der Waals surface area contributed by atoms with Gasteiger partial charge in [-0.05, 0) is 42.8 Å². The van der Waals surface area contributed by atoms with Crippen molar-refractivity contribution in [2.24, 2.45) is 0 Å². The Morgan fingerprint density at radius 1 is 1.22 bits per heavy atom. The Hall–Kier alpha value is -2.30. The summed E-state index contributed by atoms with van der Waals surface area (Å²) in [6.45, 7) is 1.59. The summed E-state index contributed by atoms with van der Waals surface area (Å²) in [6, 6.07) is 8.12. The number of hydrogen-bond acceptors (Lipinski definition) is 2. The Bertz CT molecular complexity index is 599. The average molecular weight is 248 g/mol. The number of amides is 1. The summed E-state index contributed by atoms with van der Waals surface area (Å²) >= 11 is 0. The van der Waals surface area contributed by atoms with Crippen LogP contribution in [0.25, 0.3) is 0 Å². The maximum atomic E-state index is 13.0. The molecule has 5 heteroatoms. The summed E-state index contributed by atoms with van der Waals surface area (Å²) in [6.07, 6.45) is 0. The van der Waals surface area contributed by atoms with Crippen LogP contribution in [-0.4, -0.2) is 10.9 Å². The van der Waals surface area contributed by atoms with Gasteiger partial charge < -0.3 is 5.32 Å². The highest BCUT2D eigenvalue weighted by atomic mass is 19.1. The number of pyridine rings is 1. The third-order valence-corrected chi connectivity index (χ3v) is 2.36. The predicted octanol–water partition coefficient (Wildman–Crippen LogP) is 2.92. The third kappa shape index (κ3) is 2.68. The fourth-order valence-corrected chi connectivity index (χ4v) is 1.45. The molecule has 0 aliphatic carbocycles. The van der Waals surface area contributed by atoms with E-state index in [9.17, 15) is 13.6 Å². The molecule has 1 N–H and O–H groups in total. The van der Waals surface area contributed by atoms with Gasteiger partial charge in [-0.2, -0.15) is 4.39 Å². The molecule has 0 fully saturated rings. The molecule has 92 valence electrons. The van der Waals surface area contributed by atoms with E-state index in [1.54, 1.807) is 6.92 Å². The minimum atomic E-state index is -0.724. The van der Waals surface area contributed by atoms with Crippen LogP contribution < -0.4 is 5.32 Å². The Kier molecular flexibility index (Phi) is 3.32. The molecular formula is C13H10F2N2O. The molecule has 0 atom stereocenters. The van der Waals surface area contributed by atoms with Crippen molar-refractivity contribution in [1.29, 1.82) is 0 Å². The van der Waals surface area contributed by atoms with E-state index in [-0.39, 0.29) is 11.5 Å². The normalized spacial score (nSPS) is 10.2. The van der Waals surface area contributed by atoms with Gasteiger partial charge in [0.1, 0.15) is 11.5 Å². The van der Waals surface area contributed by atoms with Gasteiger partial charge in [-0.1, -0.05) is 6.07 Å². The van der Waals surface area contributed by atoms with Crippen molar-refractivity contribution >= 4 is 11.6 Å². The topological polar surface area (TPSA) is 42.0 Å². The van der Waals surface area contributed by atoms with E-state index in [2.05, 4.69) is 10.3 Å². The Morgan fingerprint density at radius 2 is 2.00 bits per heavy atom. The smallest absolute Gasteiger partial charge is 0.274 e. The molecule has 0 radical (unpaired) electrons. The number of nitrogens with zero attached hydrogens (tertiary/aromatic N) is 1. The van der Waals surface area contributed by atoms with Crippen LogP contribution in [0.2, 0.25) is 0 Å². The van der Waals surface area contributed by atoms with E-state index < -0.39 is 11.9 Å². The second-order valence-corrected chi connectivity index (χ2v) is 3.76. The molecule has 0 spiro atoms. The number of aryl methyl sites for hydroxylation is 1. The monoisotopic (exact) mass is 248 g/mol. The lowest BCUT2D eigenvalue weighted by Gasteiger charge is -2.06. The van der Waals surface area contributed by atoms with E-state index >= 15 is 0 Å². The number of carbonyl (C=O) groups excluding carboxylic acids is 1. The zero-order valence-corrected chi connectivity index (χ0v) is 9.58. The Balaban J connectivity index is 2.18. The quantitative estimate of drug-likeness (QED) is 0.830. The molecule has 3 nitrogen and oxygen atoms in total. The first-order valence-corrected chi connectivity index (χ1v) is 5.26. The fourth-order valence-electron chi connectivity index (χ4n) is 1.45. The fraction of sp³-hybridized carbons (Fsp3) is 0.0769. The van der Waals surface area contributed by atoms with Gasteiger partial charge in [0.25, 0.3) is 5.91 Å². The summed E-state index contributed by atoms with van der Waals surface area (Å²) in [4.78, 5) is 15.2. The lowest BCUT2D eigenvalue weighted by molar-refractivity contribution is 0.102. The number of anilines is 1. The lowest BCUT2D eigenvalue weighted by Crippen LogP contribution is -2.14. The number of carbonyl (C=O) groups is 1. The lowest BCUT2D eigenvalue weighted by atomic mass is 10.2. The first-order valence-electron chi connectivity index (χ1n) is 5.26. The molecule has 1 amide bonds. The van der Waals surface area contributed by atoms with Gasteiger partial charge >= 0.3 is 0 Å². The molecule has 0 unspecified atom stereocenters. The van der Waals surface area contributed by atoms with Gasteiger partial charge in [0.15, 0.2) is 0 Å². The van der Waals surface area contributed by atoms with Crippen LogP contribution in [0, 0.1) is 18.7 Å². The van der Waals surface area contributed by atoms with Crippen molar-refractivity contribution in [3.05, 3.63) is 59.4 Å². The third-order valence-electron chi connectivity index (χ3n) is 2.36. The van der Waals surface area contributed by atoms with Crippen LogP contribution in [0.4, 0.5) is 14.5 Å². The van der Waals surface area contributed by atoms with E-state index in [0.29, 0.717) is 11.3 Å². The highest BCUT2D eigenvalue weighted by Crippen LogP contribution is 2.14. The zero-order valence-electron chi connectivity index (χ0n) is 9.58. The van der Waals surface area contributed by atoms with E-state index in [0.717, 1.165) is 6.07 Å². The number of rotatable bonds is 2. The van der Waals surface area contributed by atoms with Crippen LogP contribution in [0.1, 0.15) is 16.1 Å². The Labute approximate surface area is 102 Å². The summed E-state index contributed by atoms with van der Waals surface area (Å²) in [5.41, 5.74) is 0.821. The van der Waals surface area contributed by atoms with Crippen molar-refractivity contribution < 1.29 is 13.6 Å². The minimum Gasteiger partial charge on any atom is -0.321 e. The van der Waals surface area contributed by atoms with Gasteiger partial charge in [0.05, 0.1) is 0 Å². The first-order chi connectivity index (χ1) is 8.56. The molecule has 0 saturated carbocycles. The largest absolute Gasteiger partial charge is 0.321 e. The van der Waals surface area contributed by atoms with Crippen LogP contribution in [0.3, 0.4) is 0 Å². The highest BCUT2D eigenvalue weighted by Gasteiger charge is 2.09. The van der Waals surface area contributed by atoms with Crippen molar-refractivity contribution in [1.82, 2.24) is 4.98 Å². The number of benzene rings is 1. The maximum absolute atomic E-state index is 13.0. The van der Waals surface area contributed by atoms with Crippen LogP contribution >= 0.6 is 0 Å². The number of halogens is 2. The van der Waals surface area contributed by atoms with Crippen LogP contribution in [0.15, 0.2) is 36.4 Å². The standard InChI is InChI=1S/C13H10F2N2O/c1-8-7-9(5-6-10(8)14)16-13(18)11-3-2-4-12(15)17-11/h2-7H,1H3,(H,16,18). The molecular weight excluding hydrogens is 238 g/mol. The maximum Gasteiger partial charge on any atom is 0.274 e. The molecule has 2 rings (SSSR count). The Morgan fingerprint density at radius 3 is 2.67 bits per heavy atom. The zero-order chi connectivity index (χ0) is 13.1. The molecule has 0 aliphatic rings. The molecule has 0 aliphatic heterocycles. The SMILES string of the molecule is Cc1cc(NC(=O)c2cccc(F)n2)ccc1F. The van der Waals surface area contributed by atoms with E-state index in [4.69, 9.17) is 0 Å². The van der Waals surface area contributed by atoms with Crippen molar-refractivity contribution in [2.45, 2.75) is 6.92 Å². The van der Waals surface area contributed by atoms with Crippen LogP contribution in [0.5, 0.6) is 0 Å². The van der Waals surface area contributed by atoms with Crippen LogP contribution in [-0.2, 0) is 0 Å². The average Bonchev–Trinajstić information content (AvgIpc) is 2.34. The van der Waals surface area contributed by atoms with Crippen molar-refractivity contribution in [3.8, 4) is 0 Å². The second kappa shape index (κ2) is 4.91. The number of aromatic nitrogens is 1. The summed E-state index contributed by atoms with van der Waals surface area (Å²) in [5.74, 6) is -1.62. The summed E-state index contributed by atoms with van der Waals surface area (Å²) in [7, 11) is 0. The first kappa shape index (κ1) is 12.2. The van der Waals surface area contributed by atoms with Gasteiger partial charge in [0.2, 0.25) is 5.95 Å². The van der Waals surface area contributed by atoms with Gasteiger partial charge in [-0.15, -0.1) is 0 Å². The highest BCUT2D eigenvalue weighted by molar-refractivity contribution is 6.02. The molecule has 0 saturated heterocycles. The molecule has 1 heterocycles. The second-order valence-electron chi connectivity index (χ2n) is 3.76. The molecule has 0 bridgehead atoms. The summed E-state index contributed by atoms with van der Waals surface area (Å²) < 4.78 is 25.9. The number of nitrogens with one attached hydrogen (secondary N) is 1. The molecule has 1 aromatic heterocycles. The predicted molar refractivity (Wildman–Crippen MR) is 63.3 cm³/mol. The minimum absolute atomic E-state index is 0.0306. The van der Waals surface area contributed by atoms with E-state index in [1.807, 2.05) is 0 Å².